The molecule has 0 aromatic heterocycles. The zero-order valence-corrected chi connectivity index (χ0v) is 18.5. The Bertz CT molecular complexity index is 186. The summed E-state index contributed by atoms with van der Waals surface area (Å²) in [5.41, 5.74) is 0. The van der Waals surface area contributed by atoms with Gasteiger partial charge in [0.05, 0.1) is 0 Å². The Hall–Kier alpha value is 0.690. The molecule has 146 valence electrons. The van der Waals surface area contributed by atoms with E-state index in [0.29, 0.717) is 6.61 Å². The van der Waals surface area contributed by atoms with Crippen molar-refractivity contribution >= 4 is 22.6 Å². The van der Waals surface area contributed by atoms with E-state index in [2.05, 4.69) is 22.6 Å². The molecule has 0 saturated heterocycles. The van der Waals surface area contributed by atoms with E-state index in [4.69, 9.17) is 5.11 Å². The second-order valence-corrected chi connectivity index (χ2v) is 8.56. The van der Waals surface area contributed by atoms with E-state index in [9.17, 15) is 0 Å². The molecule has 0 aliphatic heterocycles. The molecular weight excluding hydrogens is 407 g/mol. The molecule has 0 fully saturated rings. The van der Waals surface area contributed by atoms with Crippen molar-refractivity contribution in [3.8, 4) is 0 Å². The van der Waals surface area contributed by atoms with Gasteiger partial charge in [0.25, 0.3) is 0 Å². The molecule has 0 atom stereocenters. The summed E-state index contributed by atoms with van der Waals surface area (Å²) in [7, 11) is 0. The quantitative estimate of drug-likeness (QED) is 0.106. The lowest BCUT2D eigenvalue weighted by Crippen LogP contribution is -1.85. The molecule has 0 radical (unpaired) electrons. The van der Waals surface area contributed by atoms with Crippen LogP contribution in [0, 0.1) is 0 Å². The number of alkyl halides is 1. The van der Waals surface area contributed by atoms with Gasteiger partial charge in [-0.15, -0.1) is 0 Å². The number of halogens is 1. The van der Waals surface area contributed by atoms with E-state index >= 15 is 0 Å². The number of rotatable bonds is 21. The van der Waals surface area contributed by atoms with Gasteiger partial charge in [-0.1, -0.05) is 138 Å². The van der Waals surface area contributed by atoms with Crippen LogP contribution < -0.4 is 0 Å². The van der Waals surface area contributed by atoms with E-state index in [0.717, 1.165) is 6.42 Å². The first kappa shape index (κ1) is 24.7. The van der Waals surface area contributed by atoms with Crippen LogP contribution in [0.15, 0.2) is 0 Å². The first-order chi connectivity index (χ1) is 11.9. The van der Waals surface area contributed by atoms with Gasteiger partial charge in [-0.25, -0.2) is 0 Å². The van der Waals surface area contributed by atoms with Crippen LogP contribution in [0.5, 0.6) is 0 Å². The standard InChI is InChI=1S/C22H45IO/c23-21-19-17-15-13-11-9-7-5-3-1-2-4-6-8-10-12-14-16-18-20-22-24/h24H,1-22H2. The van der Waals surface area contributed by atoms with Gasteiger partial charge in [-0.2, -0.15) is 0 Å². The van der Waals surface area contributed by atoms with Crippen molar-refractivity contribution in [1.82, 2.24) is 0 Å². The minimum Gasteiger partial charge on any atom is -0.396 e. The van der Waals surface area contributed by atoms with Gasteiger partial charge >= 0.3 is 0 Å². The number of hydrogen-bond acceptors (Lipinski definition) is 1. The van der Waals surface area contributed by atoms with Crippen molar-refractivity contribution in [2.24, 2.45) is 0 Å². The molecule has 0 amide bonds. The highest BCUT2D eigenvalue weighted by Gasteiger charge is 1.95. The van der Waals surface area contributed by atoms with Gasteiger partial charge in [-0.3, -0.25) is 0 Å². The molecule has 0 heterocycles. The van der Waals surface area contributed by atoms with Gasteiger partial charge in [0.1, 0.15) is 0 Å². The number of aliphatic hydroxyl groups is 1. The van der Waals surface area contributed by atoms with E-state index in [-0.39, 0.29) is 0 Å². The lowest BCUT2D eigenvalue weighted by atomic mass is 10.0. The molecule has 0 saturated carbocycles. The van der Waals surface area contributed by atoms with Crippen molar-refractivity contribution in [2.75, 3.05) is 11.0 Å². The lowest BCUT2D eigenvalue weighted by molar-refractivity contribution is 0.282. The van der Waals surface area contributed by atoms with Crippen LogP contribution in [-0.2, 0) is 0 Å². The summed E-state index contributed by atoms with van der Waals surface area (Å²) >= 11 is 2.49. The molecule has 0 unspecified atom stereocenters. The van der Waals surface area contributed by atoms with E-state index in [1.54, 1.807) is 0 Å². The summed E-state index contributed by atoms with van der Waals surface area (Å²) in [6, 6.07) is 0. The summed E-state index contributed by atoms with van der Waals surface area (Å²) in [5, 5.41) is 8.72. The van der Waals surface area contributed by atoms with Crippen LogP contribution >= 0.6 is 22.6 Å². The molecule has 2 heteroatoms. The van der Waals surface area contributed by atoms with Crippen molar-refractivity contribution in [2.45, 2.75) is 128 Å². The topological polar surface area (TPSA) is 20.2 Å². The SMILES string of the molecule is OCCCCCCCCCCCCCCCCCCCCCCI. The van der Waals surface area contributed by atoms with E-state index < -0.39 is 0 Å². The molecule has 1 nitrogen and oxygen atoms in total. The van der Waals surface area contributed by atoms with Crippen LogP contribution in [0.4, 0.5) is 0 Å². The summed E-state index contributed by atoms with van der Waals surface area (Å²) in [4.78, 5) is 0. The summed E-state index contributed by atoms with van der Waals surface area (Å²) in [5.74, 6) is 0. The maximum Gasteiger partial charge on any atom is 0.0431 e. The van der Waals surface area contributed by atoms with Gasteiger partial charge in [-0.05, 0) is 17.3 Å². The van der Waals surface area contributed by atoms with E-state index in [1.807, 2.05) is 0 Å². The first-order valence-electron chi connectivity index (χ1n) is 11.1. The van der Waals surface area contributed by atoms with Gasteiger partial charge < -0.3 is 5.11 Å². The van der Waals surface area contributed by atoms with Crippen LogP contribution in [0.1, 0.15) is 128 Å². The Balaban J connectivity index is 2.93. The molecule has 24 heavy (non-hydrogen) atoms. The monoisotopic (exact) mass is 452 g/mol. The third-order valence-electron chi connectivity index (χ3n) is 5.04. The number of hydrogen-bond donors (Lipinski definition) is 1. The van der Waals surface area contributed by atoms with Crippen molar-refractivity contribution in [1.29, 1.82) is 0 Å². The van der Waals surface area contributed by atoms with Crippen molar-refractivity contribution in [3.63, 3.8) is 0 Å². The Morgan fingerprint density at radius 2 is 0.542 bits per heavy atom. The molecule has 0 aliphatic rings. The molecule has 0 aliphatic carbocycles. The third-order valence-corrected chi connectivity index (χ3v) is 5.80. The third kappa shape index (κ3) is 22.7. The minimum absolute atomic E-state index is 0.374. The normalized spacial score (nSPS) is 11.2. The van der Waals surface area contributed by atoms with Crippen molar-refractivity contribution < 1.29 is 5.11 Å². The minimum atomic E-state index is 0.374. The predicted octanol–water partition coefficient (Wildman–Crippen LogP) is 8.22. The molecule has 0 rings (SSSR count). The van der Waals surface area contributed by atoms with Crippen molar-refractivity contribution in [3.05, 3.63) is 0 Å². The Morgan fingerprint density at radius 3 is 0.750 bits per heavy atom. The van der Waals surface area contributed by atoms with Gasteiger partial charge in [0, 0.05) is 6.61 Å². The maximum absolute atomic E-state index is 8.72. The Kier molecular flexibility index (Phi) is 24.4. The Morgan fingerprint density at radius 1 is 0.333 bits per heavy atom. The highest BCUT2D eigenvalue weighted by Crippen LogP contribution is 2.14. The Labute approximate surface area is 166 Å². The van der Waals surface area contributed by atoms with Crippen LogP contribution in [0.25, 0.3) is 0 Å². The maximum atomic E-state index is 8.72. The van der Waals surface area contributed by atoms with Crippen LogP contribution in [0.3, 0.4) is 0 Å². The molecule has 0 aromatic rings. The average molecular weight is 453 g/mol. The average Bonchev–Trinajstić information content (AvgIpc) is 2.60. The second kappa shape index (κ2) is 23.7. The van der Waals surface area contributed by atoms with E-state index in [1.165, 1.54) is 126 Å². The number of unbranched alkanes of at least 4 members (excludes halogenated alkanes) is 19. The van der Waals surface area contributed by atoms with Gasteiger partial charge in [0.15, 0.2) is 0 Å². The molecular formula is C22H45IO. The molecule has 0 aromatic carbocycles. The zero-order valence-electron chi connectivity index (χ0n) is 16.4. The smallest absolute Gasteiger partial charge is 0.0431 e. The second-order valence-electron chi connectivity index (χ2n) is 7.48. The fraction of sp³-hybridized carbons (Fsp3) is 1.00. The zero-order chi connectivity index (χ0) is 17.6. The highest BCUT2D eigenvalue weighted by molar-refractivity contribution is 14.1. The lowest BCUT2D eigenvalue weighted by Gasteiger charge is -2.04. The van der Waals surface area contributed by atoms with Gasteiger partial charge in [0.2, 0.25) is 0 Å². The summed E-state index contributed by atoms with van der Waals surface area (Å²) in [6.45, 7) is 0.374. The van der Waals surface area contributed by atoms with Crippen LogP contribution in [-0.4, -0.2) is 16.1 Å². The molecule has 0 bridgehead atoms. The molecule has 1 N–H and O–H groups in total. The predicted molar refractivity (Wildman–Crippen MR) is 118 cm³/mol. The molecule has 0 spiro atoms. The largest absolute Gasteiger partial charge is 0.396 e. The van der Waals surface area contributed by atoms with Crippen LogP contribution in [0.2, 0.25) is 0 Å². The number of aliphatic hydroxyl groups excluding tert-OH is 1. The summed E-state index contributed by atoms with van der Waals surface area (Å²) < 4.78 is 1.34. The first-order valence-corrected chi connectivity index (χ1v) is 12.6. The fourth-order valence-electron chi connectivity index (χ4n) is 3.39. The fourth-order valence-corrected chi connectivity index (χ4v) is 3.93. The highest BCUT2D eigenvalue weighted by atomic mass is 127. The summed E-state index contributed by atoms with van der Waals surface area (Å²) in [6.07, 6.45) is 28.2.